The molecule has 3 atom stereocenters. The van der Waals surface area contributed by atoms with E-state index < -0.39 is 18.2 Å². The molecule has 1 saturated carbocycles. The smallest absolute Gasteiger partial charge is 0.406 e. The van der Waals surface area contributed by atoms with E-state index >= 15 is 0 Å². The lowest BCUT2D eigenvalue weighted by Crippen LogP contribution is -2.42. The third-order valence-corrected chi connectivity index (χ3v) is 5.66. The van der Waals surface area contributed by atoms with Gasteiger partial charge in [-0.2, -0.15) is 0 Å². The van der Waals surface area contributed by atoms with Crippen LogP contribution in [-0.4, -0.2) is 30.8 Å². The van der Waals surface area contributed by atoms with Crippen LogP contribution in [0.3, 0.4) is 0 Å². The first-order valence-corrected chi connectivity index (χ1v) is 9.83. The predicted molar refractivity (Wildman–Crippen MR) is 104 cm³/mol. The summed E-state index contributed by atoms with van der Waals surface area (Å²) < 4.78 is 41.2. The van der Waals surface area contributed by atoms with Crippen LogP contribution in [0.25, 0.3) is 0 Å². The van der Waals surface area contributed by atoms with E-state index in [1.54, 1.807) is 6.07 Å². The largest absolute Gasteiger partial charge is 0.573 e. The van der Waals surface area contributed by atoms with Gasteiger partial charge in [-0.25, -0.2) is 0 Å². The number of amides is 2. The maximum atomic E-state index is 12.7. The Morgan fingerprint density at radius 1 is 1.17 bits per heavy atom. The van der Waals surface area contributed by atoms with Gasteiger partial charge < -0.3 is 15.0 Å². The maximum Gasteiger partial charge on any atom is 0.573 e. The number of benzene rings is 2. The minimum atomic E-state index is -4.81. The number of nitrogens with zero attached hydrogens (tertiary/aromatic N) is 1. The Hall–Kier alpha value is -2.74. The van der Waals surface area contributed by atoms with E-state index in [-0.39, 0.29) is 30.2 Å². The van der Waals surface area contributed by atoms with E-state index in [0.29, 0.717) is 23.6 Å². The van der Waals surface area contributed by atoms with Crippen LogP contribution in [0.5, 0.6) is 5.75 Å². The van der Waals surface area contributed by atoms with Crippen molar-refractivity contribution in [2.24, 2.45) is 5.92 Å². The number of halogens is 4. The van der Waals surface area contributed by atoms with E-state index in [9.17, 15) is 22.8 Å². The Balaban J connectivity index is 1.38. The molecule has 2 aliphatic rings. The van der Waals surface area contributed by atoms with E-state index in [1.165, 1.54) is 23.1 Å². The number of nitrogens with one attached hydrogen (secondary N) is 1. The molecular formula is C21H18ClF3N2O3. The number of carbonyl (C=O) groups excluding carboxylic acids is 2. The summed E-state index contributed by atoms with van der Waals surface area (Å²) >= 11 is 6.19. The van der Waals surface area contributed by atoms with Crippen molar-refractivity contribution < 1.29 is 27.5 Å². The van der Waals surface area contributed by atoms with Crippen LogP contribution in [0.2, 0.25) is 5.02 Å². The molecule has 1 aliphatic heterocycles. The van der Waals surface area contributed by atoms with Gasteiger partial charge >= 0.3 is 6.36 Å². The molecule has 0 aromatic heterocycles. The molecule has 1 aliphatic carbocycles. The fourth-order valence-electron chi connectivity index (χ4n) is 3.80. The zero-order valence-electron chi connectivity index (χ0n) is 15.7. The third kappa shape index (κ3) is 4.38. The molecule has 0 radical (unpaired) electrons. The summed E-state index contributed by atoms with van der Waals surface area (Å²) in [6.07, 6.45) is -3.78. The normalized spacial score (nSPS) is 23.4. The minimum Gasteiger partial charge on any atom is -0.406 e. The molecule has 0 spiro atoms. The number of anilines is 1. The number of hydrogen-bond donors (Lipinski definition) is 1. The Morgan fingerprint density at radius 2 is 1.93 bits per heavy atom. The van der Waals surface area contributed by atoms with Gasteiger partial charge in [-0.15, -0.1) is 13.2 Å². The van der Waals surface area contributed by atoms with Gasteiger partial charge in [0.15, 0.2) is 0 Å². The number of rotatable bonds is 5. The molecule has 2 aromatic carbocycles. The average Bonchev–Trinajstić information content (AvgIpc) is 3.39. The summed E-state index contributed by atoms with van der Waals surface area (Å²) in [5.41, 5.74) is 1.21. The van der Waals surface area contributed by atoms with Crippen molar-refractivity contribution in [3.8, 4) is 5.75 Å². The molecular weight excluding hydrogens is 421 g/mol. The van der Waals surface area contributed by atoms with Crippen LogP contribution < -0.4 is 15.0 Å². The topological polar surface area (TPSA) is 58.6 Å². The molecule has 4 rings (SSSR count). The highest BCUT2D eigenvalue weighted by Gasteiger charge is 2.46. The fraction of sp³-hybridized carbons (Fsp3) is 0.333. The average molecular weight is 439 g/mol. The maximum absolute atomic E-state index is 12.7. The zero-order chi connectivity index (χ0) is 21.5. The number of carbonyl (C=O) groups is 2. The number of ether oxygens (including phenoxy) is 1. The highest BCUT2D eigenvalue weighted by atomic mass is 35.5. The van der Waals surface area contributed by atoms with Crippen molar-refractivity contribution in [2.45, 2.75) is 31.2 Å². The number of alkyl halides is 3. The van der Waals surface area contributed by atoms with Crippen LogP contribution in [0.4, 0.5) is 18.9 Å². The Morgan fingerprint density at radius 3 is 2.67 bits per heavy atom. The first-order chi connectivity index (χ1) is 14.2. The van der Waals surface area contributed by atoms with Gasteiger partial charge in [-0.05, 0) is 42.5 Å². The standard InChI is InChI=1S/C21H18ClF3N2O3/c22-17-7-2-1-6-14(17)15-11-16(15)19(28)26-18-8-9-27(20(18)29)12-4-3-5-13(10-12)30-21(23,24)25/h1-7,10,15-16,18H,8-9,11H2,(H,26,28). The molecule has 2 aromatic rings. The first-order valence-electron chi connectivity index (χ1n) is 9.45. The Labute approximate surface area is 175 Å². The van der Waals surface area contributed by atoms with Crippen molar-refractivity contribution in [2.75, 3.05) is 11.4 Å². The Bertz CT molecular complexity index is 982. The monoisotopic (exact) mass is 438 g/mol. The summed E-state index contributed by atoms with van der Waals surface area (Å²) in [5.74, 6) is -1.18. The lowest BCUT2D eigenvalue weighted by molar-refractivity contribution is -0.274. The second kappa shape index (κ2) is 7.83. The molecule has 1 N–H and O–H groups in total. The van der Waals surface area contributed by atoms with Crippen molar-refractivity contribution in [3.63, 3.8) is 0 Å². The molecule has 158 valence electrons. The molecule has 0 bridgehead atoms. The van der Waals surface area contributed by atoms with Crippen LogP contribution in [0.15, 0.2) is 48.5 Å². The van der Waals surface area contributed by atoms with Gasteiger partial charge in [0, 0.05) is 29.2 Å². The lowest BCUT2D eigenvalue weighted by atomic mass is 10.1. The molecule has 1 heterocycles. The molecule has 2 fully saturated rings. The van der Waals surface area contributed by atoms with Crippen molar-refractivity contribution in [3.05, 3.63) is 59.1 Å². The third-order valence-electron chi connectivity index (χ3n) is 5.32. The minimum absolute atomic E-state index is 0.0301. The SMILES string of the molecule is O=C(NC1CCN(c2cccc(OC(F)(F)F)c2)C1=O)C1CC1c1ccccc1Cl. The fourth-order valence-corrected chi connectivity index (χ4v) is 4.08. The van der Waals surface area contributed by atoms with Gasteiger partial charge in [0.25, 0.3) is 0 Å². The first kappa shape index (κ1) is 20.5. The van der Waals surface area contributed by atoms with Crippen molar-refractivity contribution in [1.29, 1.82) is 0 Å². The molecule has 3 unspecified atom stereocenters. The van der Waals surface area contributed by atoms with Gasteiger partial charge in [-0.3, -0.25) is 9.59 Å². The van der Waals surface area contributed by atoms with Crippen LogP contribution >= 0.6 is 11.6 Å². The Kier molecular flexibility index (Phi) is 5.36. The molecule has 5 nitrogen and oxygen atoms in total. The lowest BCUT2D eigenvalue weighted by Gasteiger charge is -2.18. The van der Waals surface area contributed by atoms with Gasteiger partial charge in [-0.1, -0.05) is 35.9 Å². The van der Waals surface area contributed by atoms with E-state index in [0.717, 1.165) is 11.6 Å². The summed E-state index contributed by atoms with van der Waals surface area (Å²) in [4.78, 5) is 26.7. The van der Waals surface area contributed by atoms with Crippen molar-refractivity contribution in [1.82, 2.24) is 5.32 Å². The number of hydrogen-bond acceptors (Lipinski definition) is 3. The van der Waals surface area contributed by atoms with Crippen LogP contribution in [0, 0.1) is 5.92 Å². The van der Waals surface area contributed by atoms with Gasteiger partial charge in [0.1, 0.15) is 11.8 Å². The summed E-state index contributed by atoms with van der Waals surface area (Å²) in [6, 6.07) is 11.9. The summed E-state index contributed by atoms with van der Waals surface area (Å²) in [7, 11) is 0. The zero-order valence-corrected chi connectivity index (χ0v) is 16.4. The van der Waals surface area contributed by atoms with Crippen LogP contribution in [-0.2, 0) is 9.59 Å². The molecule has 30 heavy (non-hydrogen) atoms. The summed E-state index contributed by atoms with van der Waals surface area (Å²) in [5, 5.41) is 3.39. The van der Waals surface area contributed by atoms with E-state index in [2.05, 4.69) is 10.1 Å². The second-order valence-corrected chi connectivity index (χ2v) is 7.76. The highest BCUT2D eigenvalue weighted by Crippen LogP contribution is 2.49. The van der Waals surface area contributed by atoms with Crippen molar-refractivity contribution >= 4 is 29.1 Å². The summed E-state index contributed by atoms with van der Waals surface area (Å²) in [6.45, 7) is 0.290. The predicted octanol–water partition coefficient (Wildman–Crippen LogP) is 4.26. The van der Waals surface area contributed by atoms with Gasteiger partial charge in [0.2, 0.25) is 11.8 Å². The second-order valence-electron chi connectivity index (χ2n) is 7.36. The molecule has 2 amide bonds. The van der Waals surface area contributed by atoms with Gasteiger partial charge in [0.05, 0.1) is 0 Å². The molecule has 9 heteroatoms. The van der Waals surface area contributed by atoms with E-state index in [1.807, 2.05) is 18.2 Å². The van der Waals surface area contributed by atoms with E-state index in [4.69, 9.17) is 11.6 Å². The molecule has 1 saturated heterocycles. The highest BCUT2D eigenvalue weighted by molar-refractivity contribution is 6.31. The quantitative estimate of drug-likeness (QED) is 0.758. The van der Waals surface area contributed by atoms with Crippen LogP contribution in [0.1, 0.15) is 24.3 Å².